The first-order chi connectivity index (χ1) is 15.4. The lowest BCUT2D eigenvalue weighted by Crippen LogP contribution is -2.34. The second kappa shape index (κ2) is 11.5. The van der Waals surface area contributed by atoms with Gasteiger partial charge in [0.2, 0.25) is 0 Å². The minimum atomic E-state index is -0.979. The fourth-order valence-corrected chi connectivity index (χ4v) is 4.03. The zero-order chi connectivity index (χ0) is 24.8. The Morgan fingerprint density at radius 3 is 2.55 bits per heavy atom. The Morgan fingerprint density at radius 1 is 1.21 bits per heavy atom. The molecule has 5 nitrogen and oxygen atoms in total. The van der Waals surface area contributed by atoms with Gasteiger partial charge in [-0.25, -0.2) is 0 Å². The minimum Gasteiger partial charge on any atom is -0.497 e. The van der Waals surface area contributed by atoms with E-state index in [9.17, 15) is 14.7 Å². The molecule has 1 aromatic rings. The first kappa shape index (κ1) is 26.6. The fourth-order valence-electron chi connectivity index (χ4n) is 4.03. The monoisotopic (exact) mass is 454 g/mol. The second-order valence-corrected chi connectivity index (χ2v) is 9.68. The summed E-state index contributed by atoms with van der Waals surface area (Å²) in [5.74, 6) is 1.21. The topological polar surface area (TPSA) is 72.8 Å². The van der Waals surface area contributed by atoms with E-state index in [2.05, 4.69) is 0 Å². The molecule has 0 spiro atoms. The molecule has 1 N–H and O–H groups in total. The number of benzene rings is 1. The third-order valence-electron chi connectivity index (χ3n) is 5.89. The Morgan fingerprint density at radius 2 is 1.91 bits per heavy atom. The van der Waals surface area contributed by atoms with Crippen molar-refractivity contribution in [1.82, 2.24) is 0 Å². The summed E-state index contributed by atoms with van der Waals surface area (Å²) in [6, 6.07) is 3.85. The molecule has 0 aliphatic carbocycles. The standard InChI is InChI=1S/C28H38O5/c1-18(2)13-25(30)26(31)20(4)10-8-9-19(3)14-23(29)17-28(6)12-11-22-16-24(32-7)15-21(5)27(22)33-28/h11-16,20,26,31H,8-10,17H2,1-7H3/t20-,26+,28+/m0/s1. The van der Waals surface area contributed by atoms with Crippen LogP contribution in [0.25, 0.3) is 6.08 Å². The smallest absolute Gasteiger partial charge is 0.184 e. The van der Waals surface area contributed by atoms with Crippen molar-refractivity contribution in [2.24, 2.45) is 5.92 Å². The molecule has 0 unspecified atom stereocenters. The van der Waals surface area contributed by atoms with Crippen molar-refractivity contribution >= 4 is 17.6 Å². The summed E-state index contributed by atoms with van der Waals surface area (Å²) in [6.45, 7) is 11.4. The molecule has 0 saturated carbocycles. The molecule has 0 radical (unpaired) electrons. The van der Waals surface area contributed by atoms with Crippen molar-refractivity contribution < 1.29 is 24.2 Å². The van der Waals surface area contributed by atoms with Gasteiger partial charge < -0.3 is 14.6 Å². The van der Waals surface area contributed by atoms with Crippen LogP contribution in [0.4, 0.5) is 0 Å². The number of carbonyl (C=O) groups excluding carboxylic acids is 2. The fraction of sp³-hybridized carbons (Fsp3) is 0.500. The Labute approximate surface area is 198 Å². The molecule has 1 aliphatic heterocycles. The molecule has 33 heavy (non-hydrogen) atoms. The molecule has 0 bridgehead atoms. The van der Waals surface area contributed by atoms with Crippen molar-refractivity contribution in [1.29, 1.82) is 0 Å². The zero-order valence-electron chi connectivity index (χ0n) is 21.0. The third-order valence-corrected chi connectivity index (χ3v) is 5.89. The maximum absolute atomic E-state index is 12.7. The molecular weight excluding hydrogens is 416 g/mol. The number of hydrogen-bond donors (Lipinski definition) is 1. The van der Waals surface area contributed by atoms with E-state index in [1.54, 1.807) is 13.2 Å². The summed E-state index contributed by atoms with van der Waals surface area (Å²) in [5.41, 5.74) is 3.08. The van der Waals surface area contributed by atoms with Crippen LogP contribution in [-0.4, -0.2) is 35.5 Å². The Bertz CT molecular complexity index is 965. The highest BCUT2D eigenvalue weighted by Gasteiger charge is 2.31. The van der Waals surface area contributed by atoms with E-state index in [1.807, 2.05) is 65.8 Å². The van der Waals surface area contributed by atoms with Gasteiger partial charge >= 0.3 is 0 Å². The van der Waals surface area contributed by atoms with Crippen molar-refractivity contribution in [2.75, 3.05) is 7.11 Å². The van der Waals surface area contributed by atoms with Crippen LogP contribution in [0.15, 0.2) is 41.5 Å². The summed E-state index contributed by atoms with van der Waals surface area (Å²) < 4.78 is 11.6. The van der Waals surface area contributed by atoms with Crippen molar-refractivity contribution in [3.05, 3.63) is 52.6 Å². The van der Waals surface area contributed by atoms with Gasteiger partial charge in [-0.1, -0.05) is 24.1 Å². The quantitative estimate of drug-likeness (QED) is 0.429. The molecule has 0 aromatic heterocycles. The van der Waals surface area contributed by atoms with Gasteiger partial charge in [-0.3, -0.25) is 9.59 Å². The van der Waals surface area contributed by atoms with E-state index in [0.29, 0.717) is 6.42 Å². The van der Waals surface area contributed by atoms with Gasteiger partial charge in [0, 0.05) is 5.56 Å². The number of carbonyl (C=O) groups is 2. The highest BCUT2D eigenvalue weighted by molar-refractivity contribution is 5.94. The average molecular weight is 455 g/mol. The van der Waals surface area contributed by atoms with Crippen molar-refractivity contribution in [3.63, 3.8) is 0 Å². The van der Waals surface area contributed by atoms with Gasteiger partial charge in [0.1, 0.15) is 23.2 Å². The summed E-state index contributed by atoms with van der Waals surface area (Å²) in [5, 5.41) is 10.2. The van der Waals surface area contributed by atoms with Gasteiger partial charge in [0.05, 0.1) is 13.5 Å². The Hall–Kier alpha value is -2.66. The van der Waals surface area contributed by atoms with Crippen LogP contribution in [0.5, 0.6) is 11.5 Å². The molecule has 5 heteroatoms. The maximum Gasteiger partial charge on any atom is 0.184 e. The number of aliphatic hydroxyl groups is 1. The number of methoxy groups -OCH3 is 1. The molecule has 0 amide bonds. The molecular formula is C28H38O5. The first-order valence-electron chi connectivity index (χ1n) is 11.6. The van der Waals surface area contributed by atoms with E-state index in [4.69, 9.17) is 9.47 Å². The summed E-state index contributed by atoms with van der Waals surface area (Å²) in [4.78, 5) is 24.7. The van der Waals surface area contributed by atoms with E-state index >= 15 is 0 Å². The molecule has 0 saturated heterocycles. The van der Waals surface area contributed by atoms with Gasteiger partial charge in [-0.2, -0.15) is 0 Å². The van der Waals surface area contributed by atoms with Crippen LogP contribution in [0.2, 0.25) is 0 Å². The molecule has 1 aromatic carbocycles. The van der Waals surface area contributed by atoms with Crippen LogP contribution in [0.3, 0.4) is 0 Å². The normalized spacial score (nSPS) is 19.2. The molecule has 1 heterocycles. The van der Waals surface area contributed by atoms with E-state index < -0.39 is 11.7 Å². The van der Waals surface area contributed by atoms with Gasteiger partial charge in [-0.15, -0.1) is 0 Å². The molecule has 0 fully saturated rings. The van der Waals surface area contributed by atoms with E-state index in [0.717, 1.165) is 46.6 Å². The summed E-state index contributed by atoms with van der Waals surface area (Å²) >= 11 is 0. The maximum atomic E-state index is 12.7. The van der Waals surface area contributed by atoms with Crippen LogP contribution < -0.4 is 9.47 Å². The SMILES string of the molecule is COc1cc(C)c2c(c1)C=C[C@](C)(CC(=O)C=C(C)CCC[C@H](C)[C@@H](O)C(=O)C=C(C)C)O2. The van der Waals surface area contributed by atoms with Crippen LogP contribution in [0, 0.1) is 12.8 Å². The van der Waals surface area contributed by atoms with Crippen LogP contribution in [0.1, 0.15) is 71.4 Å². The average Bonchev–Trinajstić information content (AvgIpc) is 2.72. The summed E-state index contributed by atoms with van der Waals surface area (Å²) in [6.07, 6.45) is 8.63. The predicted octanol–water partition coefficient (Wildman–Crippen LogP) is 5.78. The van der Waals surface area contributed by atoms with Gasteiger partial charge in [0.15, 0.2) is 11.6 Å². The number of hydrogen-bond acceptors (Lipinski definition) is 5. The molecule has 180 valence electrons. The number of ether oxygens (including phenoxy) is 2. The number of aryl methyl sites for hydroxylation is 1. The van der Waals surface area contributed by atoms with Gasteiger partial charge in [0.25, 0.3) is 0 Å². The lowest BCUT2D eigenvalue weighted by molar-refractivity contribution is -0.124. The number of ketones is 2. The highest BCUT2D eigenvalue weighted by Crippen LogP contribution is 2.38. The molecule has 3 atom stereocenters. The highest BCUT2D eigenvalue weighted by atomic mass is 16.5. The van der Waals surface area contributed by atoms with E-state index in [1.165, 1.54) is 6.08 Å². The lowest BCUT2D eigenvalue weighted by atomic mass is 9.91. The van der Waals surface area contributed by atoms with Crippen molar-refractivity contribution in [2.45, 2.75) is 78.9 Å². The van der Waals surface area contributed by atoms with E-state index in [-0.39, 0.29) is 23.9 Å². The van der Waals surface area contributed by atoms with Gasteiger partial charge in [-0.05, 0) is 95.7 Å². The largest absolute Gasteiger partial charge is 0.497 e. The molecule has 2 rings (SSSR count). The first-order valence-corrected chi connectivity index (χ1v) is 11.6. The summed E-state index contributed by atoms with van der Waals surface area (Å²) in [7, 11) is 1.64. The lowest BCUT2D eigenvalue weighted by Gasteiger charge is -2.32. The van der Waals surface area contributed by atoms with Crippen LogP contribution in [-0.2, 0) is 9.59 Å². The molecule has 1 aliphatic rings. The number of fused-ring (bicyclic) bond motifs is 1. The Kier molecular flexibility index (Phi) is 9.24. The third kappa shape index (κ3) is 7.71. The number of allylic oxidation sites excluding steroid dienone is 3. The number of rotatable bonds is 11. The second-order valence-electron chi connectivity index (χ2n) is 9.68. The van der Waals surface area contributed by atoms with Crippen LogP contribution >= 0.6 is 0 Å². The number of aliphatic hydroxyl groups excluding tert-OH is 1. The van der Waals surface area contributed by atoms with Crippen molar-refractivity contribution in [3.8, 4) is 11.5 Å². The zero-order valence-corrected chi connectivity index (χ0v) is 21.0. The predicted molar refractivity (Wildman–Crippen MR) is 133 cm³/mol. The Balaban J connectivity index is 1.90. The minimum absolute atomic E-state index is 0.0149.